The van der Waals surface area contributed by atoms with E-state index in [1.54, 1.807) is 30.3 Å². The third kappa shape index (κ3) is 3.24. The van der Waals surface area contributed by atoms with E-state index in [0.29, 0.717) is 39.3 Å². The van der Waals surface area contributed by atoms with Gasteiger partial charge in [-0.2, -0.15) is 0 Å². The number of phenols is 1. The van der Waals surface area contributed by atoms with Gasteiger partial charge >= 0.3 is 0 Å². The molecule has 0 unspecified atom stereocenters. The van der Waals surface area contributed by atoms with Gasteiger partial charge in [0.1, 0.15) is 11.4 Å². The number of carbonyl (C=O) groups is 1. The fraction of sp³-hybridized carbons (Fsp3) is 0.200. The lowest BCUT2D eigenvalue weighted by Gasteiger charge is -2.13. The maximum atomic E-state index is 12.9. The number of fused-ring (bicyclic) bond motifs is 1. The molecule has 0 saturated heterocycles. The molecule has 0 aliphatic rings. The number of methoxy groups -OCH3 is 3. The highest BCUT2D eigenvalue weighted by Crippen LogP contribution is 2.38. The minimum absolute atomic E-state index is 0.0470. The molecule has 0 saturated carbocycles. The van der Waals surface area contributed by atoms with Gasteiger partial charge in [0, 0.05) is 16.5 Å². The molecule has 0 atom stereocenters. The highest BCUT2D eigenvalue weighted by Gasteiger charge is 2.19. The Hall–Kier alpha value is -3.32. The van der Waals surface area contributed by atoms with Crippen molar-refractivity contribution < 1.29 is 29.2 Å². The lowest BCUT2D eigenvalue weighted by molar-refractivity contribution is 0.103. The van der Waals surface area contributed by atoms with Crippen molar-refractivity contribution in [3.63, 3.8) is 0 Å². The number of carbonyl (C=O) groups excluding carboxylic acids is 1. The number of hydrogen-bond acceptors (Lipinski definition) is 7. The third-order valence-corrected chi connectivity index (χ3v) is 4.26. The van der Waals surface area contributed by atoms with E-state index in [0.717, 1.165) is 0 Å². The molecule has 2 N–H and O–H groups in total. The van der Waals surface area contributed by atoms with E-state index in [-0.39, 0.29) is 23.8 Å². The average molecular weight is 369 g/mol. The predicted molar refractivity (Wildman–Crippen MR) is 98.9 cm³/mol. The van der Waals surface area contributed by atoms with Crippen molar-refractivity contribution in [2.45, 2.75) is 6.61 Å². The number of aliphatic hydroxyl groups excluding tert-OH is 1. The van der Waals surface area contributed by atoms with E-state index in [9.17, 15) is 15.0 Å². The van der Waals surface area contributed by atoms with Crippen molar-refractivity contribution in [3.8, 4) is 23.0 Å². The van der Waals surface area contributed by atoms with Crippen LogP contribution in [-0.2, 0) is 6.61 Å². The van der Waals surface area contributed by atoms with Crippen LogP contribution in [0.15, 0.2) is 36.4 Å². The molecule has 27 heavy (non-hydrogen) atoms. The summed E-state index contributed by atoms with van der Waals surface area (Å²) in [6.45, 7) is -0.284. The molecule has 3 rings (SSSR count). The number of rotatable bonds is 6. The fourth-order valence-electron chi connectivity index (χ4n) is 2.85. The molecule has 7 nitrogen and oxygen atoms in total. The fourth-order valence-corrected chi connectivity index (χ4v) is 2.85. The molecule has 1 heterocycles. The molecule has 0 amide bonds. The van der Waals surface area contributed by atoms with Gasteiger partial charge in [0.15, 0.2) is 11.5 Å². The molecule has 1 aromatic heterocycles. The first-order valence-electron chi connectivity index (χ1n) is 8.11. The van der Waals surface area contributed by atoms with Crippen molar-refractivity contribution in [3.05, 3.63) is 53.2 Å². The highest BCUT2D eigenvalue weighted by molar-refractivity contribution is 6.09. The molecular weight excluding hydrogens is 350 g/mol. The first-order chi connectivity index (χ1) is 13.0. The van der Waals surface area contributed by atoms with Crippen molar-refractivity contribution in [1.82, 2.24) is 4.98 Å². The van der Waals surface area contributed by atoms with E-state index in [1.807, 2.05) is 0 Å². The van der Waals surface area contributed by atoms with Crippen molar-refractivity contribution >= 4 is 16.7 Å². The van der Waals surface area contributed by atoms with Crippen molar-refractivity contribution in [1.29, 1.82) is 0 Å². The number of aromatic nitrogens is 1. The van der Waals surface area contributed by atoms with Gasteiger partial charge in [-0.1, -0.05) is 6.07 Å². The number of aromatic hydroxyl groups is 1. The van der Waals surface area contributed by atoms with Crippen LogP contribution in [0, 0.1) is 0 Å². The van der Waals surface area contributed by atoms with Crippen LogP contribution >= 0.6 is 0 Å². The van der Waals surface area contributed by atoms with Gasteiger partial charge in [0.2, 0.25) is 11.5 Å². The summed E-state index contributed by atoms with van der Waals surface area (Å²) in [5, 5.41) is 19.9. The summed E-state index contributed by atoms with van der Waals surface area (Å²) in [4.78, 5) is 17.3. The smallest absolute Gasteiger partial charge is 0.211 e. The topological polar surface area (TPSA) is 98.1 Å². The summed E-state index contributed by atoms with van der Waals surface area (Å²) < 4.78 is 15.8. The number of ketones is 1. The van der Waals surface area contributed by atoms with E-state index in [2.05, 4.69) is 4.98 Å². The molecule has 7 heteroatoms. The Labute approximate surface area is 155 Å². The second-order valence-electron chi connectivity index (χ2n) is 5.74. The SMILES string of the molecule is COc1cc(C(=O)c2ccc3c(O)c(CO)ccc3n2)cc(OC)c1OC. The molecule has 0 aliphatic heterocycles. The largest absolute Gasteiger partial charge is 0.507 e. The Bertz CT molecular complexity index is 990. The van der Waals surface area contributed by atoms with Crippen LogP contribution in [0.4, 0.5) is 0 Å². The zero-order valence-electron chi connectivity index (χ0n) is 15.1. The van der Waals surface area contributed by atoms with Gasteiger partial charge in [-0.15, -0.1) is 0 Å². The molecule has 0 bridgehead atoms. The van der Waals surface area contributed by atoms with Crippen LogP contribution in [0.1, 0.15) is 21.6 Å². The number of ether oxygens (including phenoxy) is 3. The first kappa shape index (κ1) is 18.5. The number of pyridine rings is 1. The van der Waals surface area contributed by atoms with Crippen molar-refractivity contribution in [2.24, 2.45) is 0 Å². The predicted octanol–water partition coefficient (Wildman–Crippen LogP) is 2.69. The van der Waals surface area contributed by atoms with Crippen LogP contribution in [-0.4, -0.2) is 42.3 Å². The Morgan fingerprint density at radius 2 is 1.67 bits per heavy atom. The molecule has 140 valence electrons. The Balaban J connectivity index is 2.08. The van der Waals surface area contributed by atoms with Gasteiger partial charge in [0.05, 0.1) is 33.5 Å². The summed E-state index contributed by atoms with van der Waals surface area (Å²) in [5.74, 6) is 0.748. The monoisotopic (exact) mass is 369 g/mol. The summed E-state index contributed by atoms with van der Waals surface area (Å²) >= 11 is 0. The van der Waals surface area contributed by atoms with E-state index >= 15 is 0 Å². The van der Waals surface area contributed by atoms with Gasteiger partial charge in [0.25, 0.3) is 0 Å². The molecule has 0 aliphatic carbocycles. The van der Waals surface area contributed by atoms with Crippen LogP contribution in [0.5, 0.6) is 23.0 Å². The number of benzene rings is 2. The summed E-state index contributed by atoms with van der Waals surface area (Å²) in [5.41, 5.74) is 1.37. The Kier molecular flexibility index (Phi) is 5.14. The zero-order valence-corrected chi connectivity index (χ0v) is 15.1. The summed E-state index contributed by atoms with van der Waals surface area (Å²) in [7, 11) is 4.43. The first-order valence-corrected chi connectivity index (χ1v) is 8.11. The van der Waals surface area contributed by atoms with Gasteiger partial charge in [-0.25, -0.2) is 4.98 Å². The lowest BCUT2D eigenvalue weighted by atomic mass is 10.0. The van der Waals surface area contributed by atoms with Gasteiger partial charge < -0.3 is 24.4 Å². The van der Waals surface area contributed by atoms with E-state index in [4.69, 9.17) is 14.2 Å². The molecular formula is C20H19NO6. The second-order valence-corrected chi connectivity index (χ2v) is 5.74. The molecule has 0 radical (unpaired) electrons. The second kappa shape index (κ2) is 7.51. The lowest BCUT2D eigenvalue weighted by Crippen LogP contribution is -2.06. The van der Waals surface area contributed by atoms with Gasteiger partial charge in [-0.05, 0) is 30.3 Å². The minimum atomic E-state index is -0.332. The molecule has 3 aromatic rings. The minimum Gasteiger partial charge on any atom is -0.507 e. The Morgan fingerprint density at radius 1 is 1.00 bits per heavy atom. The highest BCUT2D eigenvalue weighted by atomic mass is 16.5. The average Bonchev–Trinajstić information content (AvgIpc) is 2.72. The van der Waals surface area contributed by atoms with Crippen LogP contribution in [0.2, 0.25) is 0 Å². The van der Waals surface area contributed by atoms with Crippen LogP contribution in [0.25, 0.3) is 10.9 Å². The zero-order chi connectivity index (χ0) is 19.6. The molecule has 2 aromatic carbocycles. The maximum absolute atomic E-state index is 12.9. The van der Waals surface area contributed by atoms with E-state index in [1.165, 1.54) is 27.4 Å². The summed E-state index contributed by atoms with van der Waals surface area (Å²) in [6, 6.07) is 9.45. The quantitative estimate of drug-likeness (QED) is 0.645. The number of nitrogens with zero attached hydrogens (tertiary/aromatic N) is 1. The standard InChI is InChI=1S/C20H19NO6/c1-25-16-8-12(9-17(26-2)20(16)27-3)19(24)15-7-5-13-14(21-15)6-4-11(10-22)18(13)23/h4-9,22-23H,10H2,1-3H3. The molecule has 0 spiro atoms. The van der Waals surface area contributed by atoms with Gasteiger partial charge in [-0.3, -0.25) is 4.79 Å². The number of hydrogen-bond donors (Lipinski definition) is 2. The Morgan fingerprint density at radius 3 is 2.22 bits per heavy atom. The number of aliphatic hydroxyl groups is 1. The van der Waals surface area contributed by atoms with Crippen LogP contribution < -0.4 is 14.2 Å². The van der Waals surface area contributed by atoms with Crippen molar-refractivity contribution in [2.75, 3.05) is 21.3 Å². The van der Waals surface area contributed by atoms with Crippen LogP contribution in [0.3, 0.4) is 0 Å². The maximum Gasteiger partial charge on any atom is 0.211 e. The summed E-state index contributed by atoms with van der Waals surface area (Å²) in [6.07, 6.45) is 0. The normalized spacial score (nSPS) is 10.7. The molecule has 0 fully saturated rings. The van der Waals surface area contributed by atoms with E-state index < -0.39 is 0 Å². The third-order valence-electron chi connectivity index (χ3n) is 4.26.